The molecule has 119 heavy (non-hydrogen) atoms. The maximum atomic E-state index is 14.7. The van der Waals surface area contributed by atoms with E-state index >= 15 is 0 Å². The van der Waals surface area contributed by atoms with Gasteiger partial charge in [-0.25, -0.2) is 24.4 Å². The quantitative estimate of drug-likeness (QED) is 0.0136. The molecule has 40 heteroatoms. The Balaban J connectivity index is 0.795. The van der Waals surface area contributed by atoms with Crippen LogP contribution < -0.4 is 69.4 Å². The summed E-state index contributed by atoms with van der Waals surface area (Å²) in [4.78, 5) is 148. The fourth-order valence-electron chi connectivity index (χ4n) is 13.2. The molecule has 7 aromatic rings. The fraction of sp³-hybridized carbons (Fsp3) is 0.519. The number of methoxy groups -OCH3 is 1. The number of alkyl carbamates (subject to hydrolysis) is 1. The van der Waals surface area contributed by atoms with Gasteiger partial charge in [-0.3, -0.25) is 63.3 Å². The molecule has 11 amide bonds. The SMILES string of the molecule is CCn1nc(C)cc1C(=O)Nc1nc2cc(C(N)=O)cc(OC)c2n1C/C=C/Cn1c(NC(=O)c2cn(C)nc2CNC(=O)OCc2ccc(NC(=O)[C@H](CCCNC(N)=O)NC(=O)[C@@H](NC(=O)CCOCCOCCOCCOCCONC(=O)OC(C)(C)C)C(C)C)cc2)nc2cc(C(N)=O)cc(OCCCN3CC4(CCCCO4)C3)c21. The van der Waals surface area contributed by atoms with Gasteiger partial charge in [-0.05, 0) is 127 Å². The first-order valence-corrected chi connectivity index (χ1v) is 39.4. The number of imidazole rings is 2. The number of nitrogens with two attached hydrogens (primary N) is 3. The van der Waals surface area contributed by atoms with Crippen LogP contribution in [0.4, 0.5) is 32.0 Å². The normalized spacial score (nSPS) is 13.8. The summed E-state index contributed by atoms with van der Waals surface area (Å²) >= 11 is 0. The van der Waals surface area contributed by atoms with Crippen LogP contribution in [0.25, 0.3) is 22.1 Å². The second kappa shape index (κ2) is 44.1. The van der Waals surface area contributed by atoms with Gasteiger partial charge < -0.3 is 95.6 Å². The molecule has 2 saturated heterocycles. The lowest BCUT2D eigenvalue weighted by atomic mass is 9.86. The summed E-state index contributed by atoms with van der Waals surface area (Å²) in [5.41, 5.74) is 21.9. The number of anilines is 3. The molecular weight excluding hydrogens is 1550 g/mol. The summed E-state index contributed by atoms with van der Waals surface area (Å²) in [7, 11) is 3.03. The summed E-state index contributed by atoms with van der Waals surface area (Å²) < 4.78 is 57.4. The average molecular weight is 1660 g/mol. The van der Waals surface area contributed by atoms with Crippen molar-refractivity contribution in [3.05, 3.63) is 112 Å². The van der Waals surface area contributed by atoms with E-state index in [9.17, 15) is 47.9 Å². The molecule has 2 fully saturated rings. The summed E-state index contributed by atoms with van der Waals surface area (Å²) in [6.45, 7) is 17.8. The van der Waals surface area contributed by atoms with Gasteiger partial charge in [-0.15, -0.1) is 0 Å². The number of aryl methyl sites for hydroxylation is 3. The van der Waals surface area contributed by atoms with Crippen LogP contribution in [-0.4, -0.2) is 232 Å². The molecule has 0 saturated carbocycles. The highest BCUT2D eigenvalue weighted by atomic mass is 16.7. The third kappa shape index (κ3) is 27.4. The van der Waals surface area contributed by atoms with E-state index in [1.165, 1.54) is 42.3 Å². The van der Waals surface area contributed by atoms with Crippen LogP contribution >= 0.6 is 0 Å². The minimum atomic E-state index is -1.14. The molecule has 3 aromatic carbocycles. The van der Waals surface area contributed by atoms with Crippen molar-refractivity contribution >= 4 is 99.2 Å². The second-order valence-electron chi connectivity index (χ2n) is 29.7. The number of fused-ring (bicyclic) bond motifs is 2. The third-order valence-corrected chi connectivity index (χ3v) is 18.8. The third-order valence-electron chi connectivity index (χ3n) is 18.8. The largest absolute Gasteiger partial charge is 0.494 e. The Bertz CT molecular complexity index is 4690. The molecule has 0 radical (unpaired) electrons. The van der Waals surface area contributed by atoms with Crippen LogP contribution in [-0.2, 0) is 92.2 Å². The van der Waals surface area contributed by atoms with Crippen LogP contribution in [0, 0.1) is 12.8 Å². The minimum Gasteiger partial charge on any atom is -0.494 e. The van der Waals surface area contributed by atoms with Crippen molar-refractivity contribution in [1.29, 1.82) is 0 Å². The molecule has 2 aliphatic rings. The van der Waals surface area contributed by atoms with E-state index in [0.717, 1.165) is 45.5 Å². The Labute approximate surface area is 687 Å². The van der Waals surface area contributed by atoms with Crippen molar-refractivity contribution in [3.63, 3.8) is 0 Å². The molecule has 0 unspecified atom stereocenters. The van der Waals surface area contributed by atoms with Crippen molar-refractivity contribution < 1.29 is 95.4 Å². The van der Waals surface area contributed by atoms with Gasteiger partial charge in [-0.2, -0.15) is 15.7 Å². The smallest absolute Gasteiger partial charge is 0.431 e. The second-order valence-corrected chi connectivity index (χ2v) is 29.7. The number of benzene rings is 3. The van der Waals surface area contributed by atoms with Gasteiger partial charge in [0.2, 0.25) is 41.4 Å². The Hall–Kier alpha value is -11.8. The highest BCUT2D eigenvalue weighted by molar-refractivity contribution is 6.07. The van der Waals surface area contributed by atoms with Gasteiger partial charge in [-0.1, -0.05) is 38.1 Å². The summed E-state index contributed by atoms with van der Waals surface area (Å²) in [6.07, 6.45) is 7.55. The molecular formula is C79H110N20O20. The van der Waals surface area contributed by atoms with Crippen molar-refractivity contribution in [2.75, 3.05) is 122 Å². The predicted octanol–water partition coefficient (Wildman–Crippen LogP) is 4.99. The zero-order valence-electron chi connectivity index (χ0n) is 68.7. The number of likely N-dealkylation sites (tertiary alicyclic amines) is 1. The maximum Gasteiger partial charge on any atom is 0.431 e. The lowest BCUT2D eigenvalue weighted by Crippen LogP contribution is -2.64. The van der Waals surface area contributed by atoms with Crippen molar-refractivity contribution in [1.82, 2.24) is 70.3 Å². The molecule has 4 aromatic heterocycles. The van der Waals surface area contributed by atoms with E-state index in [-0.39, 0.29) is 149 Å². The summed E-state index contributed by atoms with van der Waals surface area (Å²) in [6, 6.07) is 11.1. The van der Waals surface area contributed by atoms with Crippen molar-refractivity contribution in [3.8, 4) is 11.5 Å². The number of nitrogens with zero attached hydrogens (tertiary/aromatic N) is 9. The van der Waals surface area contributed by atoms with Gasteiger partial charge in [0.25, 0.3) is 11.8 Å². The van der Waals surface area contributed by atoms with Gasteiger partial charge in [0.1, 0.15) is 52.5 Å². The molecule has 40 nitrogen and oxygen atoms in total. The number of hydrogen-bond donors (Lipinski definition) is 11. The number of primary amides is 3. The number of hydroxylamine groups is 1. The lowest BCUT2D eigenvalue weighted by molar-refractivity contribution is -0.166. The van der Waals surface area contributed by atoms with Crippen molar-refractivity contribution in [2.45, 2.75) is 149 Å². The van der Waals surface area contributed by atoms with E-state index < -0.39 is 83.2 Å². The first-order valence-electron chi connectivity index (χ1n) is 39.4. The van der Waals surface area contributed by atoms with Crippen LogP contribution in [0.5, 0.6) is 11.5 Å². The number of ether oxygens (including phenoxy) is 9. The molecule has 0 bridgehead atoms. The number of urea groups is 1. The number of aromatic nitrogens is 8. The molecule has 9 rings (SSSR count). The number of carbonyl (C=O) groups excluding carboxylic acids is 10. The zero-order valence-corrected chi connectivity index (χ0v) is 68.7. The molecule has 2 aliphatic heterocycles. The Morgan fingerprint density at radius 2 is 1.30 bits per heavy atom. The van der Waals surface area contributed by atoms with E-state index in [1.54, 1.807) is 105 Å². The van der Waals surface area contributed by atoms with E-state index in [4.69, 9.17) is 74.6 Å². The Kier molecular flexibility index (Phi) is 33.8. The lowest BCUT2D eigenvalue weighted by Gasteiger charge is -2.51. The average Bonchev–Trinajstić information content (AvgIpc) is 1.67. The number of hydrogen-bond acceptors (Lipinski definition) is 25. The first-order chi connectivity index (χ1) is 57.0. The zero-order chi connectivity index (χ0) is 85.8. The molecule has 0 aliphatic carbocycles. The Morgan fingerprint density at radius 1 is 0.689 bits per heavy atom. The van der Waals surface area contributed by atoms with E-state index in [2.05, 4.69) is 57.8 Å². The van der Waals surface area contributed by atoms with Gasteiger partial charge in [0.05, 0.1) is 113 Å². The molecule has 14 N–H and O–H groups in total. The van der Waals surface area contributed by atoms with Crippen LogP contribution in [0.15, 0.2) is 72.9 Å². The van der Waals surface area contributed by atoms with E-state index in [0.29, 0.717) is 78.6 Å². The number of nitrogens with one attached hydrogen (secondary N) is 8. The van der Waals surface area contributed by atoms with E-state index in [1.807, 2.05) is 6.92 Å². The van der Waals surface area contributed by atoms with Gasteiger partial charge >= 0.3 is 18.2 Å². The molecule has 646 valence electrons. The number of allylic oxidation sites excluding steroid dienone is 2. The monoisotopic (exact) mass is 1660 g/mol. The number of rotatable bonds is 47. The van der Waals surface area contributed by atoms with Gasteiger partial charge in [0.15, 0.2) is 0 Å². The predicted molar refractivity (Wildman–Crippen MR) is 434 cm³/mol. The van der Waals surface area contributed by atoms with Crippen LogP contribution in [0.2, 0.25) is 0 Å². The Morgan fingerprint density at radius 3 is 1.89 bits per heavy atom. The highest BCUT2D eigenvalue weighted by Crippen LogP contribution is 2.36. The number of amides is 11. The first kappa shape index (κ1) is 91.1. The van der Waals surface area contributed by atoms with Gasteiger partial charge in [0, 0.05) is 88.9 Å². The summed E-state index contributed by atoms with van der Waals surface area (Å²) in [5.74, 6) is -4.09. The van der Waals surface area contributed by atoms with Crippen molar-refractivity contribution in [2.24, 2.45) is 30.2 Å². The van der Waals surface area contributed by atoms with Crippen LogP contribution in [0.1, 0.15) is 145 Å². The standard InChI is InChI=1S/C79H110N20O20/c1-10-99-60(39-50(4)92-99)71(105)91-75-87-57-40-52(67(80)101)42-61(110-9)65(57)97(75)26-12-13-27-98-66-58(41-53(68(81)102)43-62(66)115-28-16-25-96-47-79(48-96)23-11-14-29-117-79)88-74(98)90-69(103)55-45-95(8)93-59(55)44-84-76(108)116-46-51-18-20-54(21-19-51)85-70(104)56(17-15-24-83-73(82)107)86-72(106)64(49(2)3)89-63(100)22-30-111-31-32-112-33-34-113-35-36-114-37-38-118-94-77(109)119-78(5,6)7/h12-13,18-21,39-43,45,49,56,64H,10-11,14-17,22-38,44,46-48H2,1-9H3,(H2,80,101)(H2,81,102)(H,84,108)(H,85,104)(H,86,106)(H,89,100)(H,94,109)(H3,82,83,107)(H,87,91,105)(H,88,90,103)/b13-12+/t56-,64-/m0/s1. The summed E-state index contributed by atoms with van der Waals surface area (Å²) in [5, 5.41) is 28.2. The topological polar surface area (TPSA) is 512 Å². The minimum absolute atomic E-state index is 0.0185. The molecule has 1 spiro atoms. The number of carbonyl (C=O) groups is 10. The highest BCUT2D eigenvalue weighted by Gasteiger charge is 2.44. The molecule has 6 heterocycles. The van der Waals surface area contributed by atoms with Crippen LogP contribution in [0.3, 0.4) is 0 Å². The maximum absolute atomic E-state index is 14.7. The fourth-order valence-corrected chi connectivity index (χ4v) is 13.2. The molecule has 2 atom stereocenters.